The van der Waals surface area contributed by atoms with Gasteiger partial charge in [-0.1, -0.05) is 60.5 Å². The maximum atomic E-state index is 13.4. The van der Waals surface area contributed by atoms with Crippen molar-refractivity contribution in [2.75, 3.05) is 31.1 Å². The molecule has 0 fully saturated rings. The van der Waals surface area contributed by atoms with Crippen molar-refractivity contribution >= 4 is 68.2 Å². The molecule has 0 atom stereocenters. The molecule has 0 radical (unpaired) electrons. The number of carbonyl (C=O) groups excluding carboxylic acids is 1. The molecule has 0 spiro atoms. The van der Waals surface area contributed by atoms with Crippen LogP contribution in [0.15, 0.2) is 36.4 Å². The maximum Gasteiger partial charge on any atom is 0.261 e. The van der Waals surface area contributed by atoms with Gasteiger partial charge in [-0.05, 0) is 49.8 Å². The summed E-state index contributed by atoms with van der Waals surface area (Å²) in [6.07, 6.45) is 0. The van der Waals surface area contributed by atoms with E-state index in [-0.39, 0.29) is 18.3 Å². The number of halogens is 3. The lowest BCUT2D eigenvalue weighted by atomic mass is 10.2. The van der Waals surface area contributed by atoms with Crippen LogP contribution in [0, 0.1) is 6.92 Å². The van der Waals surface area contributed by atoms with E-state index in [0.29, 0.717) is 27.3 Å². The number of amides is 1. The molecule has 156 valence electrons. The SMILES string of the molecule is CCN(CC)CCN(C(=O)c1ccc(Cl)cc1Cl)c1nc2c(C)cccc2s1.Cl. The zero-order valence-corrected chi connectivity index (χ0v) is 19.8. The molecule has 0 bridgehead atoms. The molecular formula is C21H24Cl3N3OS. The number of hydrogen-bond donors (Lipinski definition) is 0. The number of benzene rings is 2. The average Bonchev–Trinajstić information content (AvgIpc) is 3.10. The average molecular weight is 473 g/mol. The topological polar surface area (TPSA) is 36.4 Å². The number of fused-ring (bicyclic) bond motifs is 1. The molecule has 8 heteroatoms. The minimum Gasteiger partial charge on any atom is -0.302 e. The zero-order chi connectivity index (χ0) is 20.3. The van der Waals surface area contributed by atoms with Gasteiger partial charge < -0.3 is 4.90 Å². The van der Waals surface area contributed by atoms with E-state index in [1.54, 1.807) is 23.1 Å². The fourth-order valence-electron chi connectivity index (χ4n) is 3.06. The Bertz CT molecular complexity index is 988. The van der Waals surface area contributed by atoms with Gasteiger partial charge in [0.15, 0.2) is 5.13 Å². The van der Waals surface area contributed by atoms with Crippen molar-refractivity contribution in [3.8, 4) is 0 Å². The molecule has 0 saturated carbocycles. The van der Waals surface area contributed by atoms with Gasteiger partial charge in [-0.25, -0.2) is 4.98 Å². The zero-order valence-electron chi connectivity index (χ0n) is 16.6. The maximum absolute atomic E-state index is 13.4. The van der Waals surface area contributed by atoms with Crippen LogP contribution in [-0.2, 0) is 0 Å². The first-order chi connectivity index (χ1) is 13.4. The number of hydrogen-bond acceptors (Lipinski definition) is 4. The van der Waals surface area contributed by atoms with Gasteiger partial charge >= 0.3 is 0 Å². The normalized spacial score (nSPS) is 11.0. The number of aromatic nitrogens is 1. The molecule has 2 aromatic carbocycles. The van der Waals surface area contributed by atoms with Crippen molar-refractivity contribution in [2.24, 2.45) is 0 Å². The lowest BCUT2D eigenvalue weighted by Gasteiger charge is -2.25. The van der Waals surface area contributed by atoms with Crippen molar-refractivity contribution in [1.29, 1.82) is 0 Å². The third-order valence-corrected chi connectivity index (χ3v) is 6.37. The Balaban J connectivity index is 0.00000300. The summed E-state index contributed by atoms with van der Waals surface area (Å²) in [6.45, 7) is 9.43. The second kappa shape index (κ2) is 10.6. The molecule has 0 N–H and O–H groups in total. The third kappa shape index (κ3) is 5.41. The van der Waals surface area contributed by atoms with Crippen LogP contribution in [0.2, 0.25) is 10.0 Å². The molecule has 29 heavy (non-hydrogen) atoms. The Morgan fingerprint density at radius 2 is 1.83 bits per heavy atom. The highest BCUT2D eigenvalue weighted by Gasteiger charge is 2.24. The molecule has 0 unspecified atom stereocenters. The summed E-state index contributed by atoms with van der Waals surface area (Å²) in [4.78, 5) is 22.2. The van der Waals surface area contributed by atoms with Gasteiger partial charge in [0.2, 0.25) is 0 Å². The first-order valence-corrected chi connectivity index (χ1v) is 10.9. The predicted octanol–water partition coefficient (Wildman–Crippen LogP) is 6.32. The molecule has 3 rings (SSSR count). The van der Waals surface area contributed by atoms with Crippen molar-refractivity contribution in [1.82, 2.24) is 9.88 Å². The third-order valence-electron chi connectivity index (χ3n) is 4.78. The lowest BCUT2D eigenvalue weighted by Crippen LogP contribution is -2.39. The Morgan fingerprint density at radius 3 is 2.45 bits per heavy atom. The number of nitrogens with zero attached hydrogens (tertiary/aromatic N) is 3. The molecule has 0 aliphatic heterocycles. The second-order valence-corrected chi connectivity index (χ2v) is 8.38. The number of rotatable bonds is 7. The quantitative estimate of drug-likeness (QED) is 0.403. The highest BCUT2D eigenvalue weighted by atomic mass is 35.5. The number of thiazole rings is 1. The van der Waals surface area contributed by atoms with Gasteiger partial charge in [0.05, 0.1) is 20.8 Å². The van der Waals surface area contributed by atoms with Crippen molar-refractivity contribution < 1.29 is 4.79 Å². The van der Waals surface area contributed by atoms with Crippen LogP contribution < -0.4 is 4.90 Å². The molecular weight excluding hydrogens is 449 g/mol. The van der Waals surface area contributed by atoms with Crippen LogP contribution in [-0.4, -0.2) is 42.0 Å². The lowest BCUT2D eigenvalue weighted by molar-refractivity contribution is 0.0984. The summed E-state index contributed by atoms with van der Waals surface area (Å²) < 4.78 is 1.07. The van der Waals surface area contributed by atoms with Crippen LogP contribution in [0.4, 0.5) is 5.13 Å². The Labute approximate surface area is 191 Å². The summed E-state index contributed by atoms with van der Waals surface area (Å²) in [6, 6.07) is 11.0. The Kier molecular flexibility index (Phi) is 8.73. The fraction of sp³-hybridized carbons (Fsp3) is 0.333. The second-order valence-electron chi connectivity index (χ2n) is 6.53. The van der Waals surface area contributed by atoms with Crippen molar-refractivity contribution in [2.45, 2.75) is 20.8 Å². The van der Waals surface area contributed by atoms with Gasteiger partial charge in [0.1, 0.15) is 0 Å². The van der Waals surface area contributed by atoms with E-state index >= 15 is 0 Å². The molecule has 1 heterocycles. The van der Waals surface area contributed by atoms with Crippen molar-refractivity contribution in [3.05, 3.63) is 57.6 Å². The van der Waals surface area contributed by atoms with Crippen LogP contribution in [0.5, 0.6) is 0 Å². The van der Waals surface area contributed by atoms with E-state index in [4.69, 9.17) is 28.2 Å². The first kappa shape index (κ1) is 23.9. The molecule has 1 aromatic heterocycles. The van der Waals surface area contributed by atoms with Crippen molar-refractivity contribution in [3.63, 3.8) is 0 Å². The van der Waals surface area contributed by atoms with Gasteiger partial charge in [-0.3, -0.25) is 9.69 Å². The Morgan fingerprint density at radius 1 is 1.10 bits per heavy atom. The molecule has 0 saturated heterocycles. The summed E-state index contributed by atoms with van der Waals surface area (Å²) in [5, 5.41) is 1.54. The minimum atomic E-state index is -0.162. The van der Waals surface area contributed by atoms with Gasteiger partial charge in [0.25, 0.3) is 5.91 Å². The highest BCUT2D eigenvalue weighted by molar-refractivity contribution is 7.22. The highest BCUT2D eigenvalue weighted by Crippen LogP contribution is 2.32. The van der Waals surface area contributed by atoms with E-state index in [1.165, 1.54) is 11.3 Å². The fourth-order valence-corrected chi connectivity index (χ4v) is 4.62. The largest absolute Gasteiger partial charge is 0.302 e. The predicted molar refractivity (Wildman–Crippen MR) is 128 cm³/mol. The van der Waals surface area contributed by atoms with E-state index in [0.717, 1.165) is 35.4 Å². The van der Waals surface area contributed by atoms with Gasteiger partial charge in [0, 0.05) is 18.1 Å². The van der Waals surface area contributed by atoms with E-state index in [9.17, 15) is 4.79 Å². The van der Waals surface area contributed by atoms with E-state index in [1.807, 2.05) is 25.1 Å². The molecule has 0 aliphatic carbocycles. The summed E-state index contributed by atoms with van der Waals surface area (Å²) in [5.41, 5.74) is 2.47. The van der Waals surface area contributed by atoms with Crippen LogP contribution in [0.3, 0.4) is 0 Å². The van der Waals surface area contributed by atoms with Crippen LogP contribution in [0.25, 0.3) is 10.2 Å². The minimum absolute atomic E-state index is 0. The number of likely N-dealkylation sites (N-methyl/N-ethyl adjacent to an activating group) is 1. The number of carbonyl (C=O) groups is 1. The number of anilines is 1. The van der Waals surface area contributed by atoms with Crippen LogP contribution in [0.1, 0.15) is 29.8 Å². The molecule has 1 amide bonds. The molecule has 3 aromatic rings. The monoisotopic (exact) mass is 471 g/mol. The smallest absolute Gasteiger partial charge is 0.261 e. The molecule has 4 nitrogen and oxygen atoms in total. The van der Waals surface area contributed by atoms with Gasteiger partial charge in [-0.2, -0.15) is 0 Å². The number of aryl methyl sites for hydroxylation is 1. The van der Waals surface area contributed by atoms with E-state index in [2.05, 4.69) is 18.7 Å². The standard InChI is InChI=1S/C21H23Cl2N3OS.ClH/c1-4-25(5-2)11-12-26(20(27)16-10-9-15(22)13-17(16)23)21-24-19-14(3)7-6-8-18(19)28-21;/h6-10,13H,4-5,11-12H2,1-3H3;1H. The Hall–Kier alpha value is -1.37. The summed E-state index contributed by atoms with van der Waals surface area (Å²) in [5.74, 6) is -0.162. The molecule has 0 aliphatic rings. The summed E-state index contributed by atoms with van der Waals surface area (Å²) >= 11 is 13.8. The number of para-hydroxylation sites is 1. The van der Waals surface area contributed by atoms with E-state index < -0.39 is 0 Å². The van der Waals surface area contributed by atoms with Gasteiger partial charge in [-0.15, -0.1) is 12.4 Å². The summed E-state index contributed by atoms with van der Waals surface area (Å²) in [7, 11) is 0. The first-order valence-electron chi connectivity index (χ1n) is 9.30. The van der Waals surface area contributed by atoms with Crippen LogP contribution >= 0.6 is 46.9 Å².